The molecule has 0 spiro atoms. The number of rotatable bonds is 5. The van der Waals surface area contributed by atoms with Crippen LogP contribution in [0.1, 0.15) is 23.0 Å². The van der Waals surface area contributed by atoms with E-state index >= 15 is 0 Å². The molecule has 1 unspecified atom stereocenters. The first kappa shape index (κ1) is 20.5. The van der Waals surface area contributed by atoms with Gasteiger partial charge < -0.3 is 19.6 Å². The average molecular weight is 442 g/mol. The van der Waals surface area contributed by atoms with Crippen molar-refractivity contribution in [1.82, 2.24) is 25.0 Å². The maximum atomic E-state index is 12.7. The molecule has 0 radical (unpaired) electrons. The molecule has 1 fully saturated rings. The SMILES string of the molecule is O=C(Nc1c(-c2nccs2)nn(C2CCOC2)c1-c1cn[nH]c1)c1ccco1.O=CO. The third-order valence-corrected chi connectivity index (χ3v) is 5.33. The fourth-order valence-corrected chi connectivity index (χ4v) is 3.89. The molecule has 11 nitrogen and oxygen atoms in total. The van der Waals surface area contributed by atoms with Crippen molar-refractivity contribution in [3.8, 4) is 22.0 Å². The number of H-pyrrole nitrogens is 1. The molecule has 1 amide bonds. The smallest absolute Gasteiger partial charge is 0.291 e. The van der Waals surface area contributed by atoms with Crippen LogP contribution in [0.25, 0.3) is 22.0 Å². The highest BCUT2D eigenvalue weighted by molar-refractivity contribution is 7.13. The number of furan rings is 1. The summed E-state index contributed by atoms with van der Waals surface area (Å²) >= 11 is 1.46. The van der Waals surface area contributed by atoms with Crippen molar-refractivity contribution in [3.05, 3.63) is 48.1 Å². The number of aromatic amines is 1. The van der Waals surface area contributed by atoms with Crippen LogP contribution < -0.4 is 5.32 Å². The quantitative estimate of drug-likeness (QED) is 0.400. The van der Waals surface area contributed by atoms with Gasteiger partial charge in [0.15, 0.2) is 5.76 Å². The molecule has 4 aromatic rings. The van der Waals surface area contributed by atoms with Crippen molar-refractivity contribution in [2.75, 3.05) is 18.5 Å². The number of carboxylic acid groups (broad SMARTS) is 1. The van der Waals surface area contributed by atoms with Crippen LogP contribution >= 0.6 is 11.3 Å². The minimum Gasteiger partial charge on any atom is -0.483 e. The Morgan fingerprint density at radius 1 is 1.45 bits per heavy atom. The van der Waals surface area contributed by atoms with E-state index in [1.165, 1.54) is 17.6 Å². The lowest BCUT2D eigenvalue weighted by atomic mass is 10.1. The Morgan fingerprint density at radius 2 is 2.32 bits per heavy atom. The van der Waals surface area contributed by atoms with Crippen LogP contribution in [0.3, 0.4) is 0 Å². The number of thiazole rings is 1. The summed E-state index contributed by atoms with van der Waals surface area (Å²) in [4.78, 5) is 25.5. The minimum atomic E-state index is -0.352. The maximum Gasteiger partial charge on any atom is 0.291 e. The second kappa shape index (κ2) is 9.36. The third kappa shape index (κ3) is 4.25. The number of carbonyl (C=O) groups is 2. The molecule has 1 aliphatic heterocycles. The van der Waals surface area contributed by atoms with Gasteiger partial charge in [-0.1, -0.05) is 0 Å². The van der Waals surface area contributed by atoms with Gasteiger partial charge in [0.05, 0.1) is 36.5 Å². The molecule has 0 aromatic carbocycles. The van der Waals surface area contributed by atoms with Gasteiger partial charge in [-0.25, -0.2) is 4.98 Å². The maximum absolute atomic E-state index is 12.7. The van der Waals surface area contributed by atoms with Crippen molar-refractivity contribution in [2.24, 2.45) is 0 Å². The lowest BCUT2D eigenvalue weighted by molar-refractivity contribution is -0.122. The Labute approximate surface area is 179 Å². The summed E-state index contributed by atoms with van der Waals surface area (Å²) in [6.45, 7) is 0.992. The highest BCUT2D eigenvalue weighted by Gasteiger charge is 2.30. The van der Waals surface area contributed by atoms with Gasteiger partial charge in [-0.15, -0.1) is 11.3 Å². The Hall–Kier alpha value is -3.77. The zero-order chi connectivity index (χ0) is 21.6. The molecule has 5 heterocycles. The molecule has 160 valence electrons. The monoisotopic (exact) mass is 442 g/mol. The van der Waals surface area contributed by atoms with Gasteiger partial charge in [-0.2, -0.15) is 10.2 Å². The molecular formula is C19H18N6O5S. The van der Waals surface area contributed by atoms with Gasteiger partial charge >= 0.3 is 0 Å². The molecule has 12 heteroatoms. The van der Waals surface area contributed by atoms with E-state index in [4.69, 9.17) is 24.2 Å². The Balaban J connectivity index is 0.000000730. The predicted molar refractivity (Wildman–Crippen MR) is 111 cm³/mol. The molecule has 1 aliphatic rings. The van der Waals surface area contributed by atoms with Gasteiger partial charge in [0.1, 0.15) is 10.7 Å². The lowest BCUT2D eigenvalue weighted by Crippen LogP contribution is -2.14. The van der Waals surface area contributed by atoms with Crippen LogP contribution in [-0.2, 0) is 9.53 Å². The molecule has 3 N–H and O–H groups in total. The molecule has 0 saturated carbocycles. The van der Waals surface area contributed by atoms with Crippen molar-refractivity contribution < 1.29 is 23.8 Å². The number of amides is 1. The largest absolute Gasteiger partial charge is 0.483 e. The van der Waals surface area contributed by atoms with Gasteiger partial charge in [0.2, 0.25) is 0 Å². The van der Waals surface area contributed by atoms with Gasteiger partial charge in [0, 0.05) is 29.9 Å². The van der Waals surface area contributed by atoms with Crippen LogP contribution in [0.15, 0.2) is 46.8 Å². The first-order valence-electron chi connectivity index (χ1n) is 9.25. The van der Waals surface area contributed by atoms with Crippen molar-refractivity contribution in [2.45, 2.75) is 12.5 Å². The van der Waals surface area contributed by atoms with Crippen LogP contribution in [0, 0.1) is 0 Å². The van der Waals surface area contributed by atoms with E-state index in [1.54, 1.807) is 30.7 Å². The van der Waals surface area contributed by atoms with Crippen LogP contribution in [0.4, 0.5) is 5.69 Å². The number of nitrogens with one attached hydrogen (secondary N) is 2. The molecule has 1 saturated heterocycles. The fourth-order valence-electron chi connectivity index (χ4n) is 3.26. The molecule has 1 atom stereocenters. The number of hydrogen-bond acceptors (Lipinski definition) is 8. The number of carbonyl (C=O) groups excluding carboxylic acids is 1. The molecular weight excluding hydrogens is 424 g/mol. The third-order valence-electron chi connectivity index (χ3n) is 4.55. The molecule has 5 rings (SSSR count). The number of anilines is 1. The van der Waals surface area contributed by atoms with E-state index in [0.717, 1.165) is 22.7 Å². The number of nitrogens with zero attached hydrogens (tertiary/aromatic N) is 4. The summed E-state index contributed by atoms with van der Waals surface area (Å²) in [6, 6.07) is 3.36. The normalized spacial score (nSPS) is 15.3. The highest BCUT2D eigenvalue weighted by Crippen LogP contribution is 2.40. The second-order valence-corrected chi connectivity index (χ2v) is 7.29. The van der Waals surface area contributed by atoms with E-state index in [1.807, 2.05) is 10.1 Å². The van der Waals surface area contributed by atoms with E-state index in [-0.39, 0.29) is 24.2 Å². The topological polar surface area (TPSA) is 148 Å². The number of ether oxygens (including phenoxy) is 1. The zero-order valence-corrected chi connectivity index (χ0v) is 16.9. The summed E-state index contributed by atoms with van der Waals surface area (Å²) < 4.78 is 12.7. The van der Waals surface area contributed by atoms with E-state index in [2.05, 4.69) is 20.5 Å². The van der Waals surface area contributed by atoms with Gasteiger partial charge in [0.25, 0.3) is 12.4 Å². The summed E-state index contributed by atoms with van der Waals surface area (Å²) in [5.74, 6) is -0.130. The average Bonchev–Trinajstić information content (AvgIpc) is 3.60. The van der Waals surface area contributed by atoms with E-state index in [9.17, 15) is 4.79 Å². The highest BCUT2D eigenvalue weighted by atomic mass is 32.1. The number of hydrogen-bond donors (Lipinski definition) is 3. The lowest BCUT2D eigenvalue weighted by Gasteiger charge is -2.13. The Morgan fingerprint density at radius 3 is 2.94 bits per heavy atom. The van der Waals surface area contributed by atoms with Crippen LogP contribution in [0.5, 0.6) is 0 Å². The summed E-state index contributed by atoms with van der Waals surface area (Å²) in [6.07, 6.45) is 7.50. The minimum absolute atomic E-state index is 0.0675. The van der Waals surface area contributed by atoms with Crippen LogP contribution in [0.2, 0.25) is 0 Å². The number of aromatic nitrogens is 5. The summed E-state index contributed by atoms with van der Waals surface area (Å²) in [5.41, 5.74) is 2.76. The van der Waals surface area contributed by atoms with E-state index in [0.29, 0.717) is 24.6 Å². The molecule has 0 bridgehead atoms. The van der Waals surface area contributed by atoms with Gasteiger partial charge in [-0.3, -0.25) is 19.4 Å². The summed E-state index contributed by atoms with van der Waals surface area (Å²) in [7, 11) is 0. The molecule has 4 aromatic heterocycles. The Kier molecular flexibility index (Phi) is 6.19. The fraction of sp³-hybridized carbons (Fsp3) is 0.211. The second-order valence-electron chi connectivity index (χ2n) is 6.40. The predicted octanol–water partition coefficient (Wildman–Crippen LogP) is 2.90. The van der Waals surface area contributed by atoms with Crippen molar-refractivity contribution >= 4 is 29.4 Å². The summed E-state index contributed by atoms with van der Waals surface area (Å²) in [5, 5.41) is 24.2. The zero-order valence-electron chi connectivity index (χ0n) is 16.1. The first-order valence-corrected chi connectivity index (χ1v) is 10.1. The van der Waals surface area contributed by atoms with Gasteiger partial charge in [-0.05, 0) is 18.6 Å². The van der Waals surface area contributed by atoms with Crippen molar-refractivity contribution in [3.63, 3.8) is 0 Å². The molecule has 0 aliphatic carbocycles. The van der Waals surface area contributed by atoms with E-state index < -0.39 is 0 Å². The van der Waals surface area contributed by atoms with Crippen LogP contribution in [-0.4, -0.2) is 55.7 Å². The standard InChI is InChI=1S/C18H16N6O3S.CH2O2/c25-17(13-2-1-5-27-13)22-14-15(18-19-4-7-28-18)23-24(12-3-6-26-10-12)16(14)11-8-20-21-9-11;2-1-3/h1-2,4-5,7-9,12H,3,6,10H2,(H,20,21)(H,22,25);1H,(H,2,3). The Bertz CT molecular complexity index is 1120. The van der Waals surface area contributed by atoms with Crippen molar-refractivity contribution in [1.29, 1.82) is 0 Å². The molecule has 31 heavy (non-hydrogen) atoms. The first-order chi connectivity index (χ1) is 15.2.